The van der Waals surface area contributed by atoms with Crippen molar-refractivity contribution in [3.05, 3.63) is 72.1 Å². The van der Waals surface area contributed by atoms with E-state index in [1.54, 1.807) is 7.11 Å². The van der Waals surface area contributed by atoms with Crippen LogP contribution in [0.1, 0.15) is 16.7 Å². The summed E-state index contributed by atoms with van der Waals surface area (Å²) in [4.78, 5) is 0. The molecule has 0 heterocycles. The molecule has 0 spiro atoms. The molecule has 0 N–H and O–H groups in total. The van der Waals surface area contributed by atoms with Gasteiger partial charge in [-0.05, 0) is 42.2 Å². The predicted molar refractivity (Wildman–Crippen MR) is 66.7 cm³/mol. The molecule has 0 atom stereocenters. The monoisotopic (exact) mass is 211 g/mol. The van der Waals surface area contributed by atoms with Gasteiger partial charge in [0.1, 0.15) is 5.75 Å². The van der Waals surface area contributed by atoms with E-state index in [1.165, 1.54) is 11.1 Å². The average Bonchev–Trinajstić information content (AvgIpc) is 2.33. The van der Waals surface area contributed by atoms with Crippen LogP contribution in [0.2, 0.25) is 0 Å². The molecular formula is C15H15O. The maximum absolute atomic E-state index is 5.13. The Labute approximate surface area is 96.7 Å². The Morgan fingerprint density at radius 2 is 1.38 bits per heavy atom. The molecule has 2 aromatic carbocycles. The Balaban J connectivity index is 2.11. The van der Waals surface area contributed by atoms with E-state index in [0.29, 0.717) is 0 Å². The van der Waals surface area contributed by atoms with Crippen LogP contribution in [-0.4, -0.2) is 7.11 Å². The van der Waals surface area contributed by atoms with Crippen LogP contribution in [0.3, 0.4) is 0 Å². The fourth-order valence-corrected chi connectivity index (χ4v) is 1.64. The van der Waals surface area contributed by atoms with Gasteiger partial charge in [-0.2, -0.15) is 0 Å². The molecular weight excluding hydrogens is 196 g/mol. The molecule has 0 amide bonds. The molecule has 0 fully saturated rings. The zero-order valence-electron chi connectivity index (χ0n) is 9.44. The first-order chi connectivity index (χ1) is 7.78. The van der Waals surface area contributed by atoms with Crippen LogP contribution in [0.25, 0.3) is 0 Å². The third-order valence-corrected chi connectivity index (χ3v) is 2.59. The van der Waals surface area contributed by atoms with E-state index in [2.05, 4.69) is 31.2 Å². The molecule has 2 aromatic rings. The van der Waals surface area contributed by atoms with Crippen LogP contribution in [0, 0.1) is 6.92 Å². The Bertz CT molecular complexity index is 440. The van der Waals surface area contributed by atoms with Crippen molar-refractivity contribution >= 4 is 0 Å². The summed E-state index contributed by atoms with van der Waals surface area (Å²) in [7, 11) is 1.68. The van der Waals surface area contributed by atoms with Gasteiger partial charge in [0.05, 0.1) is 7.11 Å². The van der Waals surface area contributed by atoms with E-state index in [0.717, 1.165) is 17.7 Å². The summed E-state index contributed by atoms with van der Waals surface area (Å²) in [5.41, 5.74) is 3.65. The van der Waals surface area contributed by atoms with Crippen molar-refractivity contribution in [3.63, 3.8) is 0 Å². The Morgan fingerprint density at radius 3 is 1.88 bits per heavy atom. The van der Waals surface area contributed by atoms with E-state index in [-0.39, 0.29) is 0 Å². The van der Waals surface area contributed by atoms with E-state index < -0.39 is 0 Å². The van der Waals surface area contributed by atoms with Crippen molar-refractivity contribution in [2.75, 3.05) is 7.11 Å². The summed E-state index contributed by atoms with van der Waals surface area (Å²) in [5, 5.41) is 0. The summed E-state index contributed by atoms with van der Waals surface area (Å²) in [6.07, 6.45) is 0.949. The van der Waals surface area contributed by atoms with E-state index in [4.69, 9.17) is 4.74 Å². The zero-order valence-corrected chi connectivity index (χ0v) is 9.44. The Hall–Kier alpha value is -1.76. The Kier molecular flexibility index (Phi) is 3.25. The normalized spacial score (nSPS) is 10.1. The van der Waals surface area contributed by atoms with Crippen LogP contribution < -0.4 is 4.74 Å². The molecule has 0 bridgehead atoms. The van der Waals surface area contributed by atoms with Crippen molar-refractivity contribution in [1.82, 2.24) is 0 Å². The smallest absolute Gasteiger partial charge is 0.118 e. The molecule has 0 aromatic heterocycles. The molecule has 2 rings (SSSR count). The van der Waals surface area contributed by atoms with Crippen molar-refractivity contribution in [1.29, 1.82) is 0 Å². The van der Waals surface area contributed by atoms with Crippen LogP contribution in [-0.2, 0) is 6.42 Å². The number of rotatable bonds is 3. The van der Waals surface area contributed by atoms with E-state index in [9.17, 15) is 0 Å². The zero-order chi connectivity index (χ0) is 11.4. The number of methoxy groups -OCH3 is 1. The van der Waals surface area contributed by atoms with Gasteiger partial charge in [-0.15, -0.1) is 0 Å². The van der Waals surface area contributed by atoms with E-state index >= 15 is 0 Å². The van der Waals surface area contributed by atoms with Gasteiger partial charge in [0.15, 0.2) is 0 Å². The summed E-state index contributed by atoms with van der Waals surface area (Å²) in [6.45, 7) is 3.87. The fraction of sp³-hybridized carbons (Fsp3) is 0.133. The molecule has 0 aliphatic rings. The van der Waals surface area contributed by atoms with Crippen molar-refractivity contribution < 1.29 is 4.74 Å². The summed E-state index contributed by atoms with van der Waals surface area (Å²) in [6, 6.07) is 16.5. The third-order valence-electron chi connectivity index (χ3n) is 2.59. The third kappa shape index (κ3) is 2.63. The quantitative estimate of drug-likeness (QED) is 0.755. The molecule has 1 nitrogen and oxygen atoms in total. The minimum absolute atomic E-state index is 0.900. The molecule has 0 unspecified atom stereocenters. The van der Waals surface area contributed by atoms with Gasteiger partial charge >= 0.3 is 0 Å². The van der Waals surface area contributed by atoms with Gasteiger partial charge in [-0.25, -0.2) is 0 Å². The second kappa shape index (κ2) is 4.84. The second-order valence-corrected chi connectivity index (χ2v) is 3.84. The average molecular weight is 211 g/mol. The van der Waals surface area contributed by atoms with Crippen LogP contribution in [0.4, 0.5) is 0 Å². The fourth-order valence-electron chi connectivity index (χ4n) is 1.64. The van der Waals surface area contributed by atoms with Gasteiger partial charge in [0, 0.05) is 0 Å². The first-order valence-electron chi connectivity index (χ1n) is 5.32. The summed E-state index contributed by atoms with van der Waals surface area (Å²) in [5.74, 6) is 0.900. The lowest BCUT2D eigenvalue weighted by Crippen LogP contribution is -1.89. The largest absolute Gasteiger partial charge is 0.497 e. The van der Waals surface area contributed by atoms with Gasteiger partial charge in [0.2, 0.25) is 0 Å². The highest BCUT2D eigenvalue weighted by atomic mass is 16.5. The van der Waals surface area contributed by atoms with Gasteiger partial charge in [0.25, 0.3) is 0 Å². The first kappa shape index (κ1) is 10.7. The van der Waals surface area contributed by atoms with Gasteiger partial charge in [-0.1, -0.05) is 36.4 Å². The summed E-state index contributed by atoms with van der Waals surface area (Å²) < 4.78 is 5.13. The molecule has 0 saturated carbocycles. The minimum atomic E-state index is 0.900. The molecule has 0 saturated heterocycles. The predicted octanol–water partition coefficient (Wildman–Crippen LogP) is 3.47. The van der Waals surface area contributed by atoms with Crippen LogP contribution in [0.15, 0.2) is 48.5 Å². The number of ether oxygens (including phenoxy) is 1. The molecule has 0 aliphatic carbocycles. The number of hydrogen-bond donors (Lipinski definition) is 0. The SMILES string of the molecule is [CH2]c1ccc(Cc2ccc(OC)cc2)cc1. The lowest BCUT2D eigenvalue weighted by atomic mass is 10.0. The highest BCUT2D eigenvalue weighted by molar-refractivity contribution is 5.32. The molecule has 16 heavy (non-hydrogen) atoms. The van der Waals surface area contributed by atoms with Gasteiger partial charge in [-0.3, -0.25) is 0 Å². The number of benzene rings is 2. The topological polar surface area (TPSA) is 9.23 Å². The summed E-state index contributed by atoms with van der Waals surface area (Å²) >= 11 is 0. The highest BCUT2D eigenvalue weighted by Crippen LogP contribution is 2.15. The first-order valence-corrected chi connectivity index (χ1v) is 5.32. The minimum Gasteiger partial charge on any atom is -0.497 e. The van der Waals surface area contributed by atoms with Crippen LogP contribution in [0.5, 0.6) is 5.75 Å². The van der Waals surface area contributed by atoms with Gasteiger partial charge < -0.3 is 4.74 Å². The van der Waals surface area contributed by atoms with Crippen LogP contribution >= 0.6 is 0 Å². The van der Waals surface area contributed by atoms with Crippen molar-refractivity contribution in [3.8, 4) is 5.75 Å². The van der Waals surface area contributed by atoms with E-state index in [1.807, 2.05) is 24.3 Å². The molecule has 81 valence electrons. The molecule has 1 radical (unpaired) electrons. The highest BCUT2D eigenvalue weighted by Gasteiger charge is 1.97. The van der Waals surface area contributed by atoms with Crippen molar-refractivity contribution in [2.45, 2.75) is 6.42 Å². The lowest BCUT2D eigenvalue weighted by Gasteiger charge is -2.04. The molecule has 0 aliphatic heterocycles. The Morgan fingerprint density at radius 1 is 0.875 bits per heavy atom. The standard InChI is InChI=1S/C15H15O/c1-12-3-5-13(6-4-12)11-14-7-9-15(16-2)10-8-14/h3-10H,1,11H2,2H3. The lowest BCUT2D eigenvalue weighted by molar-refractivity contribution is 0.414. The number of hydrogen-bond acceptors (Lipinski definition) is 1. The molecule has 1 heteroatoms. The maximum Gasteiger partial charge on any atom is 0.118 e. The van der Waals surface area contributed by atoms with Crippen molar-refractivity contribution in [2.24, 2.45) is 0 Å². The second-order valence-electron chi connectivity index (χ2n) is 3.84. The maximum atomic E-state index is 5.13.